The van der Waals surface area contributed by atoms with Gasteiger partial charge in [0.25, 0.3) is 5.91 Å². The summed E-state index contributed by atoms with van der Waals surface area (Å²) >= 11 is 1.53. The monoisotopic (exact) mass is 390 g/mol. The summed E-state index contributed by atoms with van der Waals surface area (Å²) in [6.07, 6.45) is 1.73. The maximum absolute atomic E-state index is 12.7. The molecule has 3 heterocycles. The predicted molar refractivity (Wildman–Crippen MR) is 101 cm³/mol. The third kappa shape index (κ3) is 3.95. The van der Waals surface area contributed by atoms with E-state index in [-0.39, 0.29) is 13.2 Å². The van der Waals surface area contributed by atoms with Crippen LogP contribution in [0.2, 0.25) is 0 Å². The first-order chi connectivity index (χ1) is 12.9. The lowest BCUT2D eigenvalue weighted by Gasteiger charge is -2.26. The van der Waals surface area contributed by atoms with Gasteiger partial charge in [-0.3, -0.25) is 4.79 Å². The molecule has 0 aliphatic carbocycles. The van der Waals surface area contributed by atoms with Gasteiger partial charge in [-0.15, -0.1) is 11.3 Å². The summed E-state index contributed by atoms with van der Waals surface area (Å²) in [6.45, 7) is 4.87. The predicted octanol–water partition coefficient (Wildman–Crippen LogP) is 1.46. The molecule has 27 heavy (non-hydrogen) atoms. The maximum Gasteiger partial charge on any atom is 0.255 e. The zero-order valence-corrected chi connectivity index (χ0v) is 16.2. The maximum atomic E-state index is 12.7. The molecular weight excluding hydrogens is 368 g/mol. The number of thiazole rings is 1. The number of hydrogen-bond donors (Lipinski definition) is 3. The van der Waals surface area contributed by atoms with Crippen molar-refractivity contribution in [2.24, 2.45) is 0 Å². The highest BCUT2D eigenvalue weighted by Crippen LogP contribution is 2.23. The minimum Gasteiger partial charge on any atom is -0.488 e. The van der Waals surface area contributed by atoms with E-state index in [1.807, 2.05) is 6.92 Å². The summed E-state index contributed by atoms with van der Waals surface area (Å²) < 4.78 is 7.45. The number of aryl methyl sites for hydroxylation is 2. The number of hydrogen-bond acceptors (Lipinski definition) is 7. The number of aromatic nitrogens is 3. The van der Waals surface area contributed by atoms with E-state index in [4.69, 9.17) is 4.74 Å². The number of carbonyl (C=O) groups is 1. The Morgan fingerprint density at radius 3 is 2.70 bits per heavy atom. The van der Waals surface area contributed by atoms with Gasteiger partial charge >= 0.3 is 0 Å². The Kier molecular flexibility index (Phi) is 5.45. The number of nitrogens with one attached hydrogen (secondary N) is 1. The minimum atomic E-state index is -1.12. The van der Waals surface area contributed by atoms with E-state index in [0.29, 0.717) is 29.1 Å². The highest BCUT2D eigenvalue weighted by atomic mass is 32.1. The number of pyridine rings is 1. The fourth-order valence-corrected chi connectivity index (χ4v) is 3.28. The average molecular weight is 390 g/mol. The molecule has 8 nitrogen and oxygen atoms in total. The van der Waals surface area contributed by atoms with Crippen molar-refractivity contribution in [1.82, 2.24) is 19.9 Å². The lowest BCUT2D eigenvalue weighted by molar-refractivity contribution is 0.0724. The fraction of sp³-hybridized carbons (Fsp3) is 0.389. The number of ether oxygens (including phenoxy) is 1. The van der Waals surface area contributed by atoms with E-state index < -0.39 is 11.4 Å². The average Bonchev–Trinajstić information content (AvgIpc) is 3.21. The lowest BCUT2D eigenvalue weighted by atomic mass is 10.0. The second kappa shape index (κ2) is 7.63. The zero-order chi connectivity index (χ0) is 19.6. The van der Waals surface area contributed by atoms with Crippen LogP contribution < -0.4 is 10.1 Å². The van der Waals surface area contributed by atoms with Gasteiger partial charge in [0.2, 0.25) is 0 Å². The van der Waals surface area contributed by atoms with Crippen molar-refractivity contribution in [2.75, 3.05) is 13.2 Å². The SMILES string of the molecule is Cc1ncsc1COc1ccn2nc(C)c(C(=O)NC(C)(CO)CO)c2c1. The number of rotatable bonds is 7. The van der Waals surface area contributed by atoms with Crippen LogP contribution in [0.25, 0.3) is 5.52 Å². The highest BCUT2D eigenvalue weighted by molar-refractivity contribution is 7.09. The Hall–Kier alpha value is -2.49. The first-order valence-electron chi connectivity index (χ1n) is 8.42. The van der Waals surface area contributed by atoms with Crippen molar-refractivity contribution in [2.45, 2.75) is 32.9 Å². The summed E-state index contributed by atoms with van der Waals surface area (Å²) in [7, 11) is 0. The molecule has 0 unspecified atom stereocenters. The molecule has 3 rings (SSSR count). The van der Waals surface area contributed by atoms with Gasteiger partial charge in [-0.25, -0.2) is 9.50 Å². The molecular formula is C18H22N4O4S. The minimum absolute atomic E-state index is 0.377. The van der Waals surface area contributed by atoms with Gasteiger partial charge in [0.05, 0.1) is 51.6 Å². The summed E-state index contributed by atoms with van der Waals surface area (Å²) in [5.74, 6) is 0.194. The van der Waals surface area contributed by atoms with E-state index in [0.717, 1.165) is 10.6 Å². The third-order valence-corrected chi connectivity index (χ3v) is 5.25. The Morgan fingerprint density at radius 1 is 1.33 bits per heavy atom. The van der Waals surface area contributed by atoms with Gasteiger partial charge in [-0.1, -0.05) is 0 Å². The topological polar surface area (TPSA) is 109 Å². The van der Waals surface area contributed by atoms with Crippen molar-refractivity contribution in [3.05, 3.63) is 45.7 Å². The first kappa shape index (κ1) is 19.3. The smallest absolute Gasteiger partial charge is 0.255 e. The van der Waals surface area contributed by atoms with Crippen LogP contribution in [0, 0.1) is 13.8 Å². The molecule has 0 saturated heterocycles. The summed E-state index contributed by atoms with van der Waals surface area (Å²) in [5, 5.41) is 25.9. The lowest BCUT2D eigenvalue weighted by Crippen LogP contribution is -2.51. The molecule has 0 aliphatic heterocycles. The first-order valence-corrected chi connectivity index (χ1v) is 9.30. The second-order valence-electron chi connectivity index (χ2n) is 6.63. The standard InChI is InChI=1S/C18H22N4O4S/c1-11-15(27-10-19-11)7-26-13-4-5-22-14(6-13)16(12(2)21-22)17(25)20-18(3,8-23)9-24/h4-6,10,23-24H,7-9H2,1-3H3,(H,20,25). The number of carbonyl (C=O) groups excluding carboxylic acids is 1. The number of fused-ring (bicyclic) bond motifs is 1. The van der Waals surface area contributed by atoms with Crippen LogP contribution in [0.4, 0.5) is 0 Å². The molecule has 0 aliphatic rings. The molecule has 0 fully saturated rings. The molecule has 0 bridgehead atoms. The fourth-order valence-electron chi connectivity index (χ4n) is 2.59. The van der Waals surface area contributed by atoms with Crippen LogP contribution in [0.1, 0.15) is 33.5 Å². The van der Waals surface area contributed by atoms with Crippen molar-refractivity contribution >= 4 is 22.8 Å². The van der Waals surface area contributed by atoms with Gasteiger partial charge in [0.1, 0.15) is 12.4 Å². The molecule has 0 radical (unpaired) electrons. The van der Waals surface area contributed by atoms with Gasteiger partial charge in [0, 0.05) is 12.3 Å². The summed E-state index contributed by atoms with van der Waals surface area (Å²) in [6, 6.07) is 3.53. The Balaban J connectivity index is 1.88. The van der Waals surface area contributed by atoms with Crippen LogP contribution in [0.15, 0.2) is 23.8 Å². The van der Waals surface area contributed by atoms with Crippen molar-refractivity contribution in [3.8, 4) is 5.75 Å². The van der Waals surface area contributed by atoms with E-state index in [2.05, 4.69) is 15.4 Å². The second-order valence-corrected chi connectivity index (χ2v) is 7.57. The Morgan fingerprint density at radius 2 is 2.07 bits per heavy atom. The van der Waals surface area contributed by atoms with Crippen LogP contribution in [0.5, 0.6) is 5.75 Å². The largest absolute Gasteiger partial charge is 0.488 e. The summed E-state index contributed by atoms with van der Waals surface area (Å²) in [4.78, 5) is 18.0. The van der Waals surface area contributed by atoms with Crippen LogP contribution in [-0.4, -0.2) is 49.5 Å². The van der Waals surface area contributed by atoms with Crippen molar-refractivity contribution in [1.29, 1.82) is 0 Å². The van der Waals surface area contributed by atoms with E-state index in [1.54, 1.807) is 42.2 Å². The molecule has 0 aromatic carbocycles. The molecule has 0 spiro atoms. The number of aliphatic hydroxyl groups excluding tert-OH is 2. The normalized spacial score (nSPS) is 11.7. The molecule has 0 saturated carbocycles. The highest BCUT2D eigenvalue weighted by Gasteiger charge is 2.28. The Bertz CT molecular complexity index is 962. The van der Waals surface area contributed by atoms with E-state index in [9.17, 15) is 15.0 Å². The zero-order valence-electron chi connectivity index (χ0n) is 15.4. The van der Waals surface area contributed by atoms with E-state index >= 15 is 0 Å². The molecule has 3 aromatic heterocycles. The van der Waals surface area contributed by atoms with Crippen LogP contribution in [0.3, 0.4) is 0 Å². The van der Waals surface area contributed by atoms with Gasteiger partial charge in [-0.2, -0.15) is 5.10 Å². The molecule has 3 aromatic rings. The van der Waals surface area contributed by atoms with Gasteiger partial charge in [-0.05, 0) is 26.8 Å². The molecule has 9 heteroatoms. The van der Waals surface area contributed by atoms with Crippen molar-refractivity contribution < 1.29 is 19.7 Å². The number of aliphatic hydroxyl groups is 2. The summed E-state index contributed by atoms with van der Waals surface area (Å²) in [5.41, 5.74) is 3.11. The van der Waals surface area contributed by atoms with Gasteiger partial charge in [0.15, 0.2) is 0 Å². The van der Waals surface area contributed by atoms with E-state index in [1.165, 1.54) is 11.3 Å². The molecule has 3 N–H and O–H groups in total. The third-order valence-electron chi connectivity index (χ3n) is 4.34. The van der Waals surface area contributed by atoms with Crippen LogP contribution in [-0.2, 0) is 6.61 Å². The molecule has 0 atom stereocenters. The van der Waals surface area contributed by atoms with Crippen LogP contribution >= 0.6 is 11.3 Å². The number of amides is 1. The molecule has 144 valence electrons. The number of nitrogens with zero attached hydrogens (tertiary/aromatic N) is 3. The van der Waals surface area contributed by atoms with Crippen molar-refractivity contribution in [3.63, 3.8) is 0 Å². The Labute approximate surface area is 160 Å². The van der Waals surface area contributed by atoms with Gasteiger partial charge < -0.3 is 20.3 Å². The molecule has 1 amide bonds. The quantitative estimate of drug-likeness (QED) is 0.564.